The van der Waals surface area contributed by atoms with Crippen molar-refractivity contribution < 1.29 is 4.42 Å². The fraction of sp³-hybridized carbons (Fsp3) is 0.278. The molecule has 3 rings (SSSR count). The van der Waals surface area contributed by atoms with Crippen molar-refractivity contribution in [2.75, 3.05) is 6.54 Å². The Bertz CT molecular complexity index is 700. The number of nitrogens with one attached hydrogen (secondary N) is 1. The van der Waals surface area contributed by atoms with Gasteiger partial charge >= 0.3 is 0 Å². The van der Waals surface area contributed by atoms with Crippen LogP contribution >= 0.6 is 0 Å². The highest BCUT2D eigenvalue weighted by atomic mass is 16.3. The van der Waals surface area contributed by atoms with Crippen molar-refractivity contribution in [3.05, 3.63) is 65.7 Å². The van der Waals surface area contributed by atoms with E-state index in [4.69, 9.17) is 4.42 Å². The van der Waals surface area contributed by atoms with Crippen molar-refractivity contribution in [1.29, 1.82) is 0 Å². The largest absolute Gasteiger partial charge is 0.459 e. The second kappa shape index (κ2) is 6.10. The molecule has 0 saturated carbocycles. The first-order chi connectivity index (χ1) is 10.3. The maximum Gasteiger partial charge on any atom is 0.134 e. The molecule has 3 nitrogen and oxygen atoms in total. The lowest BCUT2D eigenvalue weighted by Gasteiger charge is -2.17. The molecule has 0 spiro atoms. The number of fused-ring (bicyclic) bond motifs is 1. The Hall–Kier alpha value is -2.13. The first kappa shape index (κ1) is 13.8. The smallest absolute Gasteiger partial charge is 0.134 e. The summed E-state index contributed by atoms with van der Waals surface area (Å²) in [4.78, 5) is 4.59. The van der Waals surface area contributed by atoms with Gasteiger partial charge in [0, 0.05) is 11.6 Å². The molecule has 1 atom stereocenters. The predicted molar refractivity (Wildman–Crippen MR) is 85.3 cm³/mol. The number of nitrogens with zero attached hydrogens (tertiary/aromatic N) is 1. The molecule has 1 aromatic carbocycles. The van der Waals surface area contributed by atoms with Crippen molar-refractivity contribution in [2.45, 2.75) is 26.3 Å². The van der Waals surface area contributed by atoms with Gasteiger partial charge in [0.15, 0.2) is 0 Å². The van der Waals surface area contributed by atoms with Crippen molar-refractivity contribution in [1.82, 2.24) is 10.3 Å². The zero-order valence-electron chi connectivity index (χ0n) is 12.5. The molecule has 2 aromatic heterocycles. The average Bonchev–Trinajstić information content (AvgIpc) is 2.96. The van der Waals surface area contributed by atoms with Gasteiger partial charge in [0.05, 0.1) is 5.69 Å². The quantitative estimate of drug-likeness (QED) is 0.765. The molecule has 0 amide bonds. The predicted octanol–water partition coefficient (Wildman–Crippen LogP) is 4.09. The second-order valence-corrected chi connectivity index (χ2v) is 5.08. The SMILES string of the molecule is CCNC(c1cc2ccccc2o1)c1ncccc1CC. The van der Waals surface area contributed by atoms with E-state index in [0.29, 0.717) is 0 Å². The minimum Gasteiger partial charge on any atom is -0.459 e. The van der Waals surface area contributed by atoms with E-state index >= 15 is 0 Å². The van der Waals surface area contributed by atoms with Gasteiger partial charge in [-0.25, -0.2) is 0 Å². The van der Waals surface area contributed by atoms with E-state index in [-0.39, 0.29) is 6.04 Å². The van der Waals surface area contributed by atoms with Crippen molar-refractivity contribution in [3.8, 4) is 0 Å². The Balaban J connectivity index is 2.08. The molecule has 0 saturated heterocycles. The highest BCUT2D eigenvalue weighted by molar-refractivity contribution is 5.77. The van der Waals surface area contributed by atoms with E-state index in [9.17, 15) is 0 Å². The number of rotatable bonds is 5. The number of aryl methyl sites for hydroxylation is 1. The van der Waals surface area contributed by atoms with E-state index in [2.05, 4.69) is 42.3 Å². The summed E-state index contributed by atoms with van der Waals surface area (Å²) in [7, 11) is 0. The summed E-state index contributed by atoms with van der Waals surface area (Å²) in [6.07, 6.45) is 2.81. The van der Waals surface area contributed by atoms with Crippen LogP contribution in [0.1, 0.15) is 36.9 Å². The molecule has 0 aliphatic rings. The van der Waals surface area contributed by atoms with Crippen molar-refractivity contribution in [2.24, 2.45) is 0 Å². The molecule has 3 aromatic rings. The normalized spacial score (nSPS) is 12.7. The van der Waals surface area contributed by atoms with Gasteiger partial charge in [0.2, 0.25) is 0 Å². The second-order valence-electron chi connectivity index (χ2n) is 5.08. The van der Waals surface area contributed by atoms with Gasteiger partial charge in [-0.3, -0.25) is 4.98 Å². The van der Waals surface area contributed by atoms with Gasteiger partial charge in [-0.1, -0.05) is 38.1 Å². The van der Waals surface area contributed by atoms with Crippen LogP contribution in [0.5, 0.6) is 0 Å². The highest BCUT2D eigenvalue weighted by Crippen LogP contribution is 2.29. The topological polar surface area (TPSA) is 38.1 Å². The fourth-order valence-electron chi connectivity index (χ4n) is 2.69. The summed E-state index contributed by atoms with van der Waals surface area (Å²) in [6, 6.07) is 14.3. The summed E-state index contributed by atoms with van der Waals surface area (Å²) in [5.74, 6) is 0.923. The van der Waals surface area contributed by atoms with E-state index < -0.39 is 0 Å². The van der Waals surface area contributed by atoms with Gasteiger partial charge in [0.25, 0.3) is 0 Å². The Morgan fingerprint density at radius 3 is 2.76 bits per heavy atom. The van der Waals surface area contributed by atoms with Crippen LogP contribution in [-0.2, 0) is 6.42 Å². The summed E-state index contributed by atoms with van der Waals surface area (Å²) in [5, 5.41) is 4.62. The van der Waals surface area contributed by atoms with Gasteiger partial charge in [-0.2, -0.15) is 0 Å². The third kappa shape index (κ3) is 2.69. The molecule has 0 bridgehead atoms. The molecule has 0 radical (unpaired) electrons. The first-order valence-electron chi connectivity index (χ1n) is 7.49. The maximum atomic E-state index is 6.03. The van der Waals surface area contributed by atoms with Crippen molar-refractivity contribution >= 4 is 11.0 Å². The zero-order valence-corrected chi connectivity index (χ0v) is 12.5. The minimum atomic E-state index is -0.00134. The van der Waals surface area contributed by atoms with E-state index in [0.717, 1.165) is 35.4 Å². The number of furan rings is 1. The van der Waals surface area contributed by atoms with Crippen molar-refractivity contribution in [3.63, 3.8) is 0 Å². The Morgan fingerprint density at radius 1 is 1.14 bits per heavy atom. The number of hydrogen-bond acceptors (Lipinski definition) is 3. The van der Waals surface area contributed by atoms with Crippen LogP contribution < -0.4 is 5.32 Å². The van der Waals surface area contributed by atoms with Gasteiger partial charge in [-0.15, -0.1) is 0 Å². The lowest BCUT2D eigenvalue weighted by atomic mass is 10.0. The summed E-state index contributed by atoms with van der Waals surface area (Å²) in [6.45, 7) is 5.12. The van der Waals surface area contributed by atoms with Crippen LogP contribution in [0.4, 0.5) is 0 Å². The molecule has 0 aliphatic heterocycles. The fourth-order valence-corrected chi connectivity index (χ4v) is 2.69. The Kier molecular flexibility index (Phi) is 4.02. The minimum absolute atomic E-state index is 0.00134. The average molecular weight is 280 g/mol. The number of aromatic nitrogens is 1. The van der Waals surface area contributed by atoms with Crippen LogP contribution in [0.3, 0.4) is 0 Å². The summed E-state index contributed by atoms with van der Waals surface area (Å²) >= 11 is 0. The Morgan fingerprint density at radius 2 is 2.00 bits per heavy atom. The molecule has 0 fully saturated rings. The molecule has 21 heavy (non-hydrogen) atoms. The summed E-state index contributed by atoms with van der Waals surface area (Å²) < 4.78 is 6.03. The van der Waals surface area contributed by atoms with Gasteiger partial charge in [0.1, 0.15) is 17.4 Å². The molecule has 1 unspecified atom stereocenters. The lowest BCUT2D eigenvalue weighted by Crippen LogP contribution is -2.23. The van der Waals surface area contributed by atoms with Gasteiger partial charge in [-0.05, 0) is 36.7 Å². The monoisotopic (exact) mass is 280 g/mol. The van der Waals surface area contributed by atoms with Crippen LogP contribution in [0.15, 0.2) is 53.1 Å². The molecular formula is C18H20N2O. The summed E-state index contributed by atoms with van der Waals surface area (Å²) in [5.41, 5.74) is 3.23. The molecule has 0 aliphatic carbocycles. The third-order valence-corrected chi connectivity index (χ3v) is 3.72. The Labute approximate surface area is 125 Å². The highest BCUT2D eigenvalue weighted by Gasteiger charge is 2.21. The molecule has 3 heteroatoms. The lowest BCUT2D eigenvalue weighted by molar-refractivity contribution is 0.469. The number of benzene rings is 1. The van der Waals surface area contributed by atoms with Crippen LogP contribution in [0, 0.1) is 0 Å². The molecular weight excluding hydrogens is 260 g/mol. The standard InChI is InChI=1S/C18H20N2O/c1-3-13-9-7-11-20-17(13)18(19-4-2)16-12-14-8-5-6-10-15(14)21-16/h5-12,18-19H,3-4H2,1-2H3. The molecule has 108 valence electrons. The third-order valence-electron chi connectivity index (χ3n) is 3.72. The molecule has 1 N–H and O–H groups in total. The number of pyridine rings is 1. The van der Waals surface area contributed by atoms with E-state index in [1.165, 1.54) is 5.56 Å². The van der Waals surface area contributed by atoms with Gasteiger partial charge < -0.3 is 9.73 Å². The van der Waals surface area contributed by atoms with Crippen LogP contribution in [0.25, 0.3) is 11.0 Å². The van der Waals surface area contributed by atoms with E-state index in [1.54, 1.807) is 0 Å². The number of para-hydroxylation sites is 1. The first-order valence-corrected chi connectivity index (χ1v) is 7.49. The van der Waals surface area contributed by atoms with Crippen LogP contribution in [-0.4, -0.2) is 11.5 Å². The number of hydrogen-bond donors (Lipinski definition) is 1. The maximum absolute atomic E-state index is 6.03. The van der Waals surface area contributed by atoms with E-state index in [1.807, 2.05) is 30.5 Å². The van der Waals surface area contributed by atoms with Crippen LogP contribution in [0.2, 0.25) is 0 Å². The molecule has 2 heterocycles. The zero-order chi connectivity index (χ0) is 14.7.